The molecule has 1 aromatic rings. The van der Waals surface area contributed by atoms with Gasteiger partial charge in [-0.2, -0.15) is 10.2 Å². The van der Waals surface area contributed by atoms with E-state index in [0.29, 0.717) is 0 Å². The molecular weight excluding hydrogens is 144 g/mol. The lowest BCUT2D eigenvalue weighted by Crippen LogP contribution is -1.77. The summed E-state index contributed by atoms with van der Waals surface area (Å²) < 4.78 is 0. The average molecular weight is 150 g/mol. The summed E-state index contributed by atoms with van der Waals surface area (Å²) in [5.74, 6) is 0. The minimum absolute atomic E-state index is 0.0452. The van der Waals surface area contributed by atoms with Crippen LogP contribution in [-0.2, 0) is 0 Å². The van der Waals surface area contributed by atoms with E-state index in [1.54, 1.807) is 0 Å². The topological polar surface area (TPSA) is 24.7 Å². The fourth-order valence-electron chi connectivity index (χ4n) is 0.976. The third-order valence-electron chi connectivity index (χ3n) is 1.49. The standard InChI is InChI=1S/C7H6N2S/c10-7-5-3-1-2-4-6(5)8-9-7/h1-4,7,10H. The number of thiol groups is 1. The molecule has 1 heterocycles. The molecule has 0 radical (unpaired) electrons. The summed E-state index contributed by atoms with van der Waals surface area (Å²) in [6, 6.07) is 7.85. The minimum atomic E-state index is -0.0452. The SMILES string of the molecule is SC1N=Nc2ccccc21. The third kappa shape index (κ3) is 0.743. The first-order valence-corrected chi connectivity index (χ1v) is 3.57. The summed E-state index contributed by atoms with van der Waals surface area (Å²) in [7, 11) is 0. The Kier molecular flexibility index (Phi) is 1.24. The highest BCUT2D eigenvalue weighted by Crippen LogP contribution is 2.36. The van der Waals surface area contributed by atoms with E-state index in [4.69, 9.17) is 0 Å². The molecule has 3 heteroatoms. The van der Waals surface area contributed by atoms with Crippen molar-refractivity contribution in [3.8, 4) is 0 Å². The van der Waals surface area contributed by atoms with E-state index in [1.807, 2.05) is 24.3 Å². The van der Waals surface area contributed by atoms with Crippen molar-refractivity contribution in [1.29, 1.82) is 0 Å². The Balaban J connectivity index is 2.59. The largest absolute Gasteiger partial charge is 0.169 e. The zero-order chi connectivity index (χ0) is 6.97. The van der Waals surface area contributed by atoms with Crippen LogP contribution in [0.4, 0.5) is 5.69 Å². The number of nitrogens with zero attached hydrogens (tertiary/aromatic N) is 2. The molecule has 0 saturated heterocycles. The van der Waals surface area contributed by atoms with E-state index < -0.39 is 0 Å². The maximum absolute atomic E-state index is 4.21. The van der Waals surface area contributed by atoms with Gasteiger partial charge in [-0.3, -0.25) is 0 Å². The fraction of sp³-hybridized carbons (Fsp3) is 0.143. The Labute approximate surface area is 64.4 Å². The Morgan fingerprint density at radius 1 is 1.30 bits per heavy atom. The van der Waals surface area contributed by atoms with Crippen molar-refractivity contribution >= 4 is 18.3 Å². The van der Waals surface area contributed by atoms with E-state index in [9.17, 15) is 0 Å². The Hall–Kier alpha value is -0.830. The molecule has 10 heavy (non-hydrogen) atoms. The first-order chi connectivity index (χ1) is 4.88. The smallest absolute Gasteiger partial charge is 0.141 e. The summed E-state index contributed by atoms with van der Waals surface area (Å²) in [5.41, 5.74) is 2.05. The van der Waals surface area contributed by atoms with Crippen molar-refractivity contribution in [3.63, 3.8) is 0 Å². The van der Waals surface area contributed by atoms with Crippen LogP contribution in [0.15, 0.2) is 34.5 Å². The molecule has 0 aliphatic carbocycles. The van der Waals surface area contributed by atoms with Gasteiger partial charge in [0.05, 0.1) is 5.69 Å². The Morgan fingerprint density at radius 3 is 2.90 bits per heavy atom. The summed E-state index contributed by atoms with van der Waals surface area (Å²) >= 11 is 4.21. The van der Waals surface area contributed by atoms with Crippen molar-refractivity contribution in [3.05, 3.63) is 29.8 Å². The third-order valence-corrected chi connectivity index (χ3v) is 1.87. The van der Waals surface area contributed by atoms with Crippen LogP contribution in [0.1, 0.15) is 10.9 Å². The monoisotopic (exact) mass is 150 g/mol. The molecule has 1 aliphatic heterocycles. The van der Waals surface area contributed by atoms with Gasteiger partial charge < -0.3 is 0 Å². The lowest BCUT2D eigenvalue weighted by atomic mass is 10.2. The highest BCUT2D eigenvalue weighted by molar-refractivity contribution is 7.80. The van der Waals surface area contributed by atoms with Crippen molar-refractivity contribution in [2.24, 2.45) is 10.2 Å². The van der Waals surface area contributed by atoms with Crippen LogP contribution in [0, 0.1) is 0 Å². The minimum Gasteiger partial charge on any atom is -0.169 e. The summed E-state index contributed by atoms with van der Waals surface area (Å²) in [6.07, 6.45) is 0. The Morgan fingerprint density at radius 2 is 2.10 bits per heavy atom. The number of hydrogen-bond donors (Lipinski definition) is 1. The van der Waals surface area contributed by atoms with Gasteiger partial charge in [-0.05, 0) is 6.07 Å². The van der Waals surface area contributed by atoms with Gasteiger partial charge in [-0.1, -0.05) is 18.2 Å². The second-order valence-corrected chi connectivity index (χ2v) is 2.64. The second kappa shape index (κ2) is 2.09. The van der Waals surface area contributed by atoms with Crippen molar-refractivity contribution in [2.75, 3.05) is 0 Å². The molecule has 0 amide bonds. The van der Waals surface area contributed by atoms with Gasteiger partial charge in [0.1, 0.15) is 5.37 Å². The number of benzene rings is 1. The lowest BCUT2D eigenvalue weighted by Gasteiger charge is -1.96. The molecular formula is C7H6N2S. The van der Waals surface area contributed by atoms with Gasteiger partial charge in [0.15, 0.2) is 0 Å². The molecule has 0 spiro atoms. The summed E-state index contributed by atoms with van der Waals surface area (Å²) in [4.78, 5) is 0. The molecule has 2 nitrogen and oxygen atoms in total. The average Bonchev–Trinajstić information content (AvgIpc) is 2.34. The molecule has 0 fully saturated rings. The molecule has 0 bridgehead atoms. The number of fused-ring (bicyclic) bond motifs is 1. The van der Waals surface area contributed by atoms with Crippen molar-refractivity contribution in [2.45, 2.75) is 5.37 Å². The van der Waals surface area contributed by atoms with Gasteiger partial charge in [-0.25, -0.2) is 0 Å². The van der Waals surface area contributed by atoms with Gasteiger partial charge >= 0.3 is 0 Å². The number of azo groups is 1. The molecule has 0 N–H and O–H groups in total. The fourth-order valence-corrected chi connectivity index (χ4v) is 1.25. The molecule has 1 unspecified atom stereocenters. The predicted molar refractivity (Wildman–Crippen MR) is 42.7 cm³/mol. The van der Waals surface area contributed by atoms with E-state index in [0.717, 1.165) is 11.3 Å². The summed E-state index contributed by atoms with van der Waals surface area (Å²) in [6.45, 7) is 0. The van der Waals surface area contributed by atoms with E-state index in [2.05, 4.69) is 22.9 Å². The molecule has 1 aromatic carbocycles. The van der Waals surface area contributed by atoms with Gasteiger partial charge in [0.25, 0.3) is 0 Å². The first kappa shape index (κ1) is 5.92. The van der Waals surface area contributed by atoms with E-state index >= 15 is 0 Å². The molecule has 0 saturated carbocycles. The predicted octanol–water partition coefficient (Wildman–Crippen LogP) is 2.71. The lowest BCUT2D eigenvalue weighted by molar-refractivity contribution is 1.02. The van der Waals surface area contributed by atoms with E-state index in [1.165, 1.54) is 0 Å². The van der Waals surface area contributed by atoms with Crippen LogP contribution in [-0.4, -0.2) is 0 Å². The van der Waals surface area contributed by atoms with Gasteiger partial charge in [0, 0.05) is 5.56 Å². The number of rotatable bonds is 0. The van der Waals surface area contributed by atoms with Gasteiger partial charge in [0.2, 0.25) is 0 Å². The van der Waals surface area contributed by atoms with Crippen LogP contribution in [0.3, 0.4) is 0 Å². The highest BCUT2D eigenvalue weighted by atomic mass is 32.1. The van der Waals surface area contributed by atoms with E-state index in [-0.39, 0.29) is 5.37 Å². The van der Waals surface area contributed by atoms with Crippen LogP contribution in [0.2, 0.25) is 0 Å². The molecule has 2 rings (SSSR count). The summed E-state index contributed by atoms with van der Waals surface area (Å²) in [5, 5.41) is 7.78. The normalized spacial score (nSPS) is 21.1. The maximum atomic E-state index is 4.21. The Bertz CT molecular complexity index is 283. The zero-order valence-corrected chi connectivity index (χ0v) is 6.12. The number of hydrogen-bond acceptors (Lipinski definition) is 3. The van der Waals surface area contributed by atoms with Crippen LogP contribution < -0.4 is 0 Å². The van der Waals surface area contributed by atoms with Crippen LogP contribution >= 0.6 is 12.6 Å². The van der Waals surface area contributed by atoms with Crippen molar-refractivity contribution < 1.29 is 0 Å². The zero-order valence-electron chi connectivity index (χ0n) is 5.23. The molecule has 1 atom stereocenters. The molecule has 0 aromatic heterocycles. The van der Waals surface area contributed by atoms with Crippen molar-refractivity contribution in [1.82, 2.24) is 0 Å². The second-order valence-electron chi connectivity index (χ2n) is 2.15. The molecule has 50 valence electrons. The highest BCUT2D eigenvalue weighted by Gasteiger charge is 2.14. The first-order valence-electron chi connectivity index (χ1n) is 3.06. The van der Waals surface area contributed by atoms with Crippen LogP contribution in [0.25, 0.3) is 0 Å². The van der Waals surface area contributed by atoms with Crippen LogP contribution in [0.5, 0.6) is 0 Å². The maximum Gasteiger partial charge on any atom is 0.141 e. The van der Waals surface area contributed by atoms with Gasteiger partial charge in [-0.15, -0.1) is 12.6 Å². The quantitative estimate of drug-likeness (QED) is 0.550. The molecule has 1 aliphatic rings.